The molecular formula is C16H19BrN2O2. The van der Waals surface area contributed by atoms with Gasteiger partial charge in [0.2, 0.25) is 5.91 Å². The maximum atomic E-state index is 12.8. The number of benzene rings is 1. The van der Waals surface area contributed by atoms with Gasteiger partial charge in [-0.15, -0.1) is 0 Å². The largest absolute Gasteiger partial charge is 0.352 e. The van der Waals surface area contributed by atoms with Crippen LogP contribution in [0.15, 0.2) is 22.7 Å². The van der Waals surface area contributed by atoms with Crippen molar-refractivity contribution in [2.24, 2.45) is 0 Å². The van der Waals surface area contributed by atoms with Gasteiger partial charge in [-0.3, -0.25) is 9.59 Å². The summed E-state index contributed by atoms with van der Waals surface area (Å²) >= 11 is 3.46. The van der Waals surface area contributed by atoms with Gasteiger partial charge >= 0.3 is 0 Å². The van der Waals surface area contributed by atoms with Crippen LogP contribution < -0.4 is 5.32 Å². The highest BCUT2D eigenvalue weighted by molar-refractivity contribution is 9.10. The zero-order valence-electron chi connectivity index (χ0n) is 12.1. The molecule has 1 aromatic carbocycles. The van der Waals surface area contributed by atoms with Crippen LogP contribution in [-0.2, 0) is 4.79 Å². The van der Waals surface area contributed by atoms with E-state index in [-0.39, 0.29) is 17.9 Å². The molecule has 0 radical (unpaired) electrons. The quantitative estimate of drug-likeness (QED) is 0.910. The van der Waals surface area contributed by atoms with Gasteiger partial charge in [0.1, 0.15) is 6.04 Å². The molecule has 5 heteroatoms. The lowest BCUT2D eigenvalue weighted by molar-refractivity contribution is -0.125. The highest BCUT2D eigenvalue weighted by atomic mass is 79.9. The van der Waals surface area contributed by atoms with Crippen molar-refractivity contribution in [3.63, 3.8) is 0 Å². The van der Waals surface area contributed by atoms with Crippen LogP contribution >= 0.6 is 15.9 Å². The van der Waals surface area contributed by atoms with Gasteiger partial charge in [0.05, 0.1) is 0 Å². The van der Waals surface area contributed by atoms with Gasteiger partial charge in [0.25, 0.3) is 5.91 Å². The Morgan fingerprint density at radius 1 is 1.29 bits per heavy atom. The summed E-state index contributed by atoms with van der Waals surface area (Å²) in [4.78, 5) is 26.8. The number of carbonyl (C=O) groups excluding carboxylic acids is 2. The molecule has 21 heavy (non-hydrogen) atoms. The van der Waals surface area contributed by atoms with Gasteiger partial charge in [-0.25, -0.2) is 0 Å². The number of nitrogens with zero attached hydrogens (tertiary/aromatic N) is 1. The molecule has 1 unspecified atom stereocenters. The second-order valence-electron chi connectivity index (χ2n) is 5.85. The number of likely N-dealkylation sites (tertiary alicyclic amines) is 1. The molecule has 0 bridgehead atoms. The molecule has 1 atom stereocenters. The first-order valence-corrected chi connectivity index (χ1v) is 8.23. The molecule has 1 aromatic rings. The number of nitrogens with one attached hydrogen (secondary N) is 1. The van der Waals surface area contributed by atoms with Crippen molar-refractivity contribution in [3.05, 3.63) is 33.8 Å². The first-order valence-electron chi connectivity index (χ1n) is 7.44. The first-order chi connectivity index (χ1) is 10.1. The summed E-state index contributed by atoms with van der Waals surface area (Å²) in [7, 11) is 0. The third-order valence-corrected chi connectivity index (χ3v) is 5.10. The number of carbonyl (C=O) groups is 2. The molecule has 1 saturated carbocycles. The summed E-state index contributed by atoms with van der Waals surface area (Å²) in [5.74, 6) is -0.0294. The van der Waals surface area contributed by atoms with Crippen LogP contribution in [0.2, 0.25) is 0 Å². The van der Waals surface area contributed by atoms with E-state index < -0.39 is 0 Å². The topological polar surface area (TPSA) is 49.4 Å². The minimum Gasteiger partial charge on any atom is -0.352 e. The Labute approximate surface area is 133 Å². The molecule has 3 rings (SSSR count). The normalized spacial score (nSPS) is 21.4. The lowest BCUT2D eigenvalue weighted by Crippen LogP contribution is -2.46. The minimum absolute atomic E-state index is 0.0102. The third-order valence-electron chi connectivity index (χ3n) is 4.24. The Kier molecular flexibility index (Phi) is 4.02. The Balaban J connectivity index is 1.79. The molecule has 1 aliphatic heterocycles. The van der Waals surface area contributed by atoms with E-state index in [1.165, 1.54) is 0 Å². The molecule has 2 amide bonds. The predicted octanol–water partition coefficient (Wildman–Crippen LogP) is 2.64. The SMILES string of the molecule is Cc1c(Br)cccc1C(=O)N1CCCC1C(=O)NC1CC1. The van der Waals surface area contributed by atoms with Gasteiger partial charge < -0.3 is 10.2 Å². The van der Waals surface area contributed by atoms with Crippen LogP contribution in [0.3, 0.4) is 0 Å². The number of amides is 2. The van der Waals surface area contributed by atoms with Crippen molar-refractivity contribution in [2.75, 3.05) is 6.54 Å². The fraction of sp³-hybridized carbons (Fsp3) is 0.500. The van der Waals surface area contributed by atoms with E-state index in [0.717, 1.165) is 35.7 Å². The molecule has 1 heterocycles. The summed E-state index contributed by atoms with van der Waals surface area (Å²) in [5, 5.41) is 3.02. The van der Waals surface area contributed by atoms with Crippen molar-refractivity contribution in [1.82, 2.24) is 10.2 Å². The summed E-state index contributed by atoms with van der Waals surface area (Å²) < 4.78 is 0.923. The maximum Gasteiger partial charge on any atom is 0.254 e. The molecule has 112 valence electrons. The summed E-state index contributed by atoms with van der Waals surface area (Å²) in [6.45, 7) is 2.58. The standard InChI is InChI=1S/C16H19BrN2O2/c1-10-12(4-2-5-13(10)17)16(21)19-9-3-6-14(19)15(20)18-11-7-8-11/h2,4-5,11,14H,3,6-9H2,1H3,(H,18,20). The Morgan fingerprint density at radius 2 is 2.05 bits per heavy atom. The van der Waals surface area contributed by atoms with Crippen molar-refractivity contribution < 1.29 is 9.59 Å². The minimum atomic E-state index is -0.309. The smallest absolute Gasteiger partial charge is 0.254 e. The average molecular weight is 351 g/mol. The van der Waals surface area contributed by atoms with Gasteiger partial charge in [0.15, 0.2) is 0 Å². The van der Waals surface area contributed by atoms with Crippen molar-refractivity contribution in [3.8, 4) is 0 Å². The zero-order chi connectivity index (χ0) is 15.0. The highest BCUT2D eigenvalue weighted by Gasteiger charge is 2.37. The molecule has 4 nitrogen and oxygen atoms in total. The van der Waals surface area contributed by atoms with E-state index in [0.29, 0.717) is 18.2 Å². The molecule has 2 fully saturated rings. The molecule has 1 aliphatic carbocycles. The fourth-order valence-corrected chi connectivity index (χ4v) is 3.17. The Hall–Kier alpha value is -1.36. The summed E-state index contributed by atoms with van der Waals surface area (Å²) in [5.41, 5.74) is 1.60. The Bertz CT molecular complexity index is 584. The molecule has 0 aromatic heterocycles. The van der Waals surface area contributed by atoms with Gasteiger partial charge in [-0.2, -0.15) is 0 Å². The number of hydrogen-bond acceptors (Lipinski definition) is 2. The number of hydrogen-bond donors (Lipinski definition) is 1. The summed E-state index contributed by atoms with van der Waals surface area (Å²) in [6, 6.07) is 5.64. The van der Waals surface area contributed by atoms with E-state index in [9.17, 15) is 9.59 Å². The van der Waals surface area contributed by atoms with E-state index in [4.69, 9.17) is 0 Å². The lowest BCUT2D eigenvalue weighted by atomic mass is 10.1. The first kappa shape index (κ1) is 14.6. The Morgan fingerprint density at radius 3 is 2.76 bits per heavy atom. The van der Waals surface area contributed by atoms with Crippen LogP contribution in [0.1, 0.15) is 41.6 Å². The number of halogens is 1. The average Bonchev–Trinajstić information content (AvgIpc) is 3.14. The summed E-state index contributed by atoms with van der Waals surface area (Å²) in [6.07, 6.45) is 3.78. The predicted molar refractivity (Wildman–Crippen MR) is 84.1 cm³/mol. The van der Waals surface area contributed by atoms with Gasteiger partial charge in [0, 0.05) is 22.6 Å². The second kappa shape index (κ2) is 5.79. The zero-order valence-corrected chi connectivity index (χ0v) is 13.6. The third kappa shape index (κ3) is 2.98. The second-order valence-corrected chi connectivity index (χ2v) is 6.71. The van der Waals surface area contributed by atoms with Crippen LogP contribution in [0.25, 0.3) is 0 Å². The lowest BCUT2D eigenvalue weighted by Gasteiger charge is -2.25. The van der Waals surface area contributed by atoms with Crippen molar-refractivity contribution in [1.29, 1.82) is 0 Å². The van der Waals surface area contributed by atoms with Gasteiger partial charge in [-0.05, 0) is 50.3 Å². The number of rotatable bonds is 3. The van der Waals surface area contributed by atoms with E-state index in [1.807, 2.05) is 25.1 Å². The molecule has 1 saturated heterocycles. The maximum absolute atomic E-state index is 12.8. The van der Waals surface area contributed by atoms with Crippen LogP contribution in [0, 0.1) is 6.92 Å². The van der Waals surface area contributed by atoms with E-state index in [1.54, 1.807) is 4.90 Å². The van der Waals surface area contributed by atoms with Gasteiger partial charge in [-0.1, -0.05) is 22.0 Å². The molecule has 1 N–H and O–H groups in total. The van der Waals surface area contributed by atoms with E-state index in [2.05, 4.69) is 21.2 Å². The van der Waals surface area contributed by atoms with Crippen molar-refractivity contribution in [2.45, 2.75) is 44.7 Å². The molecule has 0 spiro atoms. The van der Waals surface area contributed by atoms with Crippen LogP contribution in [0.5, 0.6) is 0 Å². The monoisotopic (exact) mass is 350 g/mol. The fourth-order valence-electron chi connectivity index (χ4n) is 2.80. The molecule has 2 aliphatic rings. The molecular weight excluding hydrogens is 332 g/mol. The van der Waals surface area contributed by atoms with Crippen molar-refractivity contribution >= 4 is 27.7 Å². The van der Waals surface area contributed by atoms with Crippen LogP contribution in [0.4, 0.5) is 0 Å². The van der Waals surface area contributed by atoms with Crippen LogP contribution in [-0.4, -0.2) is 35.3 Å². The van der Waals surface area contributed by atoms with E-state index >= 15 is 0 Å². The highest BCUT2D eigenvalue weighted by Crippen LogP contribution is 2.26.